The van der Waals surface area contributed by atoms with E-state index in [0.29, 0.717) is 21.4 Å². The van der Waals surface area contributed by atoms with Gasteiger partial charge < -0.3 is 0 Å². The van der Waals surface area contributed by atoms with Crippen molar-refractivity contribution in [3.63, 3.8) is 0 Å². The average molecular weight is 355 g/mol. The lowest BCUT2D eigenvalue weighted by Crippen LogP contribution is -2.29. The summed E-state index contributed by atoms with van der Waals surface area (Å²) in [5, 5.41) is 0. The molecule has 0 saturated heterocycles. The second-order valence-electron chi connectivity index (χ2n) is 7.29. The number of hydrogen-bond acceptors (Lipinski definition) is 1. The predicted octanol–water partition coefficient (Wildman–Crippen LogP) is 5.55. The van der Waals surface area contributed by atoms with Crippen LogP contribution in [0.3, 0.4) is 0 Å². The van der Waals surface area contributed by atoms with Crippen LogP contribution >= 0.6 is 15.9 Å². The molecule has 0 spiro atoms. The second-order valence-corrected chi connectivity index (χ2v) is 8.21. The Kier molecular flexibility index (Phi) is 5.24. The van der Waals surface area contributed by atoms with Crippen molar-refractivity contribution in [2.75, 3.05) is 0 Å². The van der Waals surface area contributed by atoms with E-state index in [1.807, 2.05) is 0 Å². The number of benzene rings is 1. The fourth-order valence-electron chi connectivity index (χ4n) is 3.28. The normalized spacial score (nSPS) is 23.1. The Morgan fingerprint density at radius 1 is 1.24 bits per heavy atom. The highest BCUT2D eigenvalue weighted by molar-refractivity contribution is 9.10. The van der Waals surface area contributed by atoms with Crippen molar-refractivity contribution in [2.24, 2.45) is 17.3 Å². The molecular weight excluding hydrogens is 331 g/mol. The number of carbonyl (C=O) groups excluding carboxylic acids is 1. The maximum Gasteiger partial charge on any atom is 0.140 e. The number of ketones is 1. The van der Waals surface area contributed by atoms with Crippen molar-refractivity contribution < 1.29 is 9.18 Å². The van der Waals surface area contributed by atoms with Gasteiger partial charge in [0, 0.05) is 16.8 Å². The van der Waals surface area contributed by atoms with Crippen LogP contribution in [0.15, 0.2) is 22.7 Å². The van der Waals surface area contributed by atoms with Gasteiger partial charge in [-0.2, -0.15) is 0 Å². The average Bonchev–Trinajstić information content (AvgIpc) is 2.41. The molecule has 0 N–H and O–H groups in total. The van der Waals surface area contributed by atoms with Crippen LogP contribution < -0.4 is 0 Å². The van der Waals surface area contributed by atoms with Gasteiger partial charge in [0.1, 0.15) is 11.6 Å². The largest absolute Gasteiger partial charge is 0.299 e. The molecule has 1 nitrogen and oxygen atoms in total. The zero-order valence-electron chi connectivity index (χ0n) is 13.1. The molecule has 1 aliphatic carbocycles. The Balaban J connectivity index is 1.93. The van der Waals surface area contributed by atoms with Crippen LogP contribution in [0, 0.1) is 23.1 Å². The van der Waals surface area contributed by atoms with E-state index in [1.165, 1.54) is 6.07 Å². The molecule has 0 bridgehead atoms. The summed E-state index contributed by atoms with van der Waals surface area (Å²) in [6.07, 6.45) is 4.37. The van der Waals surface area contributed by atoms with Crippen LogP contribution in [0.5, 0.6) is 0 Å². The van der Waals surface area contributed by atoms with Gasteiger partial charge in [-0.1, -0.05) is 42.8 Å². The Hall–Kier alpha value is -0.700. The number of rotatable bonds is 3. The zero-order chi connectivity index (χ0) is 15.6. The zero-order valence-corrected chi connectivity index (χ0v) is 14.7. The summed E-state index contributed by atoms with van der Waals surface area (Å²) in [5.41, 5.74) is 0.840. The van der Waals surface area contributed by atoms with Crippen molar-refractivity contribution in [2.45, 2.75) is 52.9 Å². The van der Waals surface area contributed by atoms with E-state index in [1.54, 1.807) is 12.1 Å². The smallest absolute Gasteiger partial charge is 0.140 e. The fraction of sp³-hybridized carbons (Fsp3) is 0.611. The van der Waals surface area contributed by atoms with Gasteiger partial charge in [0.15, 0.2) is 0 Å². The Morgan fingerprint density at radius 3 is 2.38 bits per heavy atom. The first-order valence-corrected chi connectivity index (χ1v) is 8.53. The van der Waals surface area contributed by atoms with Gasteiger partial charge in [-0.15, -0.1) is 0 Å². The first kappa shape index (κ1) is 16.7. The predicted molar refractivity (Wildman–Crippen MR) is 87.7 cm³/mol. The minimum atomic E-state index is -0.291. The second kappa shape index (κ2) is 6.60. The molecule has 1 aliphatic rings. The molecule has 2 rings (SSSR count). The minimum Gasteiger partial charge on any atom is -0.299 e. The van der Waals surface area contributed by atoms with Gasteiger partial charge in [0.25, 0.3) is 0 Å². The van der Waals surface area contributed by atoms with Crippen LogP contribution in [0.2, 0.25) is 0 Å². The third-order valence-electron chi connectivity index (χ3n) is 4.79. The molecule has 0 amide bonds. The molecule has 1 aromatic rings. The molecule has 3 heteroatoms. The molecule has 0 unspecified atom stereocenters. The number of halogens is 2. The van der Waals surface area contributed by atoms with Crippen molar-refractivity contribution in [3.8, 4) is 0 Å². The van der Waals surface area contributed by atoms with Gasteiger partial charge in [0.05, 0.1) is 0 Å². The van der Waals surface area contributed by atoms with Gasteiger partial charge >= 0.3 is 0 Å². The monoisotopic (exact) mass is 354 g/mol. The van der Waals surface area contributed by atoms with Gasteiger partial charge in [0.2, 0.25) is 0 Å². The highest BCUT2D eigenvalue weighted by Gasteiger charge is 2.32. The van der Waals surface area contributed by atoms with E-state index in [0.717, 1.165) is 25.7 Å². The number of Topliss-reactive ketones (excluding diaryl/α,β-unsaturated/α-hetero) is 1. The van der Waals surface area contributed by atoms with Crippen molar-refractivity contribution >= 4 is 21.7 Å². The summed E-state index contributed by atoms with van der Waals surface area (Å²) in [5.74, 6) is 0.724. The van der Waals surface area contributed by atoms with Crippen molar-refractivity contribution in [1.29, 1.82) is 0 Å². The van der Waals surface area contributed by atoms with Crippen LogP contribution in [0.1, 0.15) is 52.0 Å². The van der Waals surface area contributed by atoms with Crippen LogP contribution in [0.25, 0.3) is 0 Å². The lowest BCUT2D eigenvalue weighted by molar-refractivity contribution is -0.123. The molecule has 116 valence electrons. The fourth-order valence-corrected chi connectivity index (χ4v) is 3.61. The summed E-state index contributed by atoms with van der Waals surface area (Å²) < 4.78 is 14.5. The maximum absolute atomic E-state index is 13.8. The van der Waals surface area contributed by atoms with Gasteiger partial charge in [-0.3, -0.25) is 4.79 Å². The number of carbonyl (C=O) groups is 1. The van der Waals surface area contributed by atoms with E-state index in [9.17, 15) is 9.18 Å². The molecule has 0 atom stereocenters. The minimum absolute atomic E-state index is 0.117. The van der Waals surface area contributed by atoms with E-state index >= 15 is 0 Å². The van der Waals surface area contributed by atoms with Crippen molar-refractivity contribution in [3.05, 3.63) is 34.1 Å². The molecule has 0 aliphatic heterocycles. The summed E-state index contributed by atoms with van der Waals surface area (Å²) >= 11 is 3.24. The van der Waals surface area contributed by atoms with E-state index in [4.69, 9.17) is 0 Å². The Bertz CT molecular complexity index is 510. The van der Waals surface area contributed by atoms with E-state index in [-0.39, 0.29) is 23.9 Å². The molecule has 1 aromatic carbocycles. The Morgan fingerprint density at radius 2 is 1.86 bits per heavy atom. The molecule has 0 radical (unpaired) electrons. The first-order chi connectivity index (χ1) is 9.77. The maximum atomic E-state index is 13.8. The highest BCUT2D eigenvalue weighted by Crippen LogP contribution is 2.40. The molecule has 0 heterocycles. The Labute approximate surface area is 135 Å². The van der Waals surface area contributed by atoms with Crippen LogP contribution in [-0.4, -0.2) is 5.78 Å². The first-order valence-electron chi connectivity index (χ1n) is 7.74. The molecule has 1 saturated carbocycles. The summed E-state index contributed by atoms with van der Waals surface area (Å²) in [6.45, 7) is 6.82. The van der Waals surface area contributed by atoms with Gasteiger partial charge in [-0.25, -0.2) is 4.39 Å². The van der Waals surface area contributed by atoms with E-state index in [2.05, 4.69) is 36.7 Å². The topological polar surface area (TPSA) is 17.1 Å². The third kappa shape index (κ3) is 4.38. The quantitative estimate of drug-likeness (QED) is 0.695. The SMILES string of the molecule is CC(C)(C)C1CCC(C(=O)Cc2ccc(Br)cc2F)CC1. The third-order valence-corrected chi connectivity index (χ3v) is 5.28. The lowest BCUT2D eigenvalue weighted by atomic mass is 9.69. The summed E-state index contributed by atoms with van der Waals surface area (Å²) in [7, 11) is 0. The van der Waals surface area contributed by atoms with Crippen molar-refractivity contribution in [1.82, 2.24) is 0 Å². The lowest BCUT2D eigenvalue weighted by Gasteiger charge is -2.36. The summed E-state index contributed by atoms with van der Waals surface area (Å²) in [6, 6.07) is 4.93. The summed E-state index contributed by atoms with van der Waals surface area (Å²) in [4.78, 5) is 12.4. The van der Waals surface area contributed by atoms with E-state index < -0.39 is 0 Å². The van der Waals surface area contributed by atoms with Crippen LogP contribution in [-0.2, 0) is 11.2 Å². The highest BCUT2D eigenvalue weighted by atomic mass is 79.9. The standard InChI is InChI=1S/C18H24BrFO/c1-18(2,3)14-7-4-12(5-8-14)17(21)10-13-6-9-15(19)11-16(13)20/h6,9,11-12,14H,4-5,7-8,10H2,1-3H3. The van der Waals surface area contributed by atoms with Gasteiger partial charge in [-0.05, 0) is 54.7 Å². The molecular formula is C18H24BrFO. The van der Waals surface area contributed by atoms with Crippen LogP contribution in [0.4, 0.5) is 4.39 Å². The molecule has 21 heavy (non-hydrogen) atoms. The molecule has 0 aromatic heterocycles. The molecule has 1 fully saturated rings. The number of hydrogen-bond donors (Lipinski definition) is 0.